The van der Waals surface area contributed by atoms with E-state index in [1.165, 1.54) is 89.9 Å². The van der Waals surface area contributed by atoms with Crippen molar-refractivity contribution < 1.29 is 43.6 Å². The molecular formula is C71H101N3O9. The van der Waals surface area contributed by atoms with Crippen molar-refractivity contribution in [1.29, 1.82) is 0 Å². The first-order chi connectivity index (χ1) is 40.8. The fourth-order valence-electron chi connectivity index (χ4n) is 13.2. The predicted molar refractivity (Wildman–Crippen MR) is 335 cm³/mol. The van der Waals surface area contributed by atoms with Gasteiger partial charge in [-0.25, -0.2) is 9.59 Å². The van der Waals surface area contributed by atoms with Crippen molar-refractivity contribution in [3.05, 3.63) is 132 Å². The predicted octanol–water partition coefficient (Wildman–Crippen LogP) is 17.2. The fraction of sp³-hybridized carbons (Fsp3) is 0.592. The van der Waals surface area contributed by atoms with Crippen molar-refractivity contribution in [2.75, 3.05) is 33.0 Å². The van der Waals surface area contributed by atoms with Crippen LogP contribution in [0.2, 0.25) is 0 Å². The van der Waals surface area contributed by atoms with Gasteiger partial charge in [-0.2, -0.15) is 0 Å². The SMILES string of the molecule is C=CCO[C@@]12Oc3ccc(OC(=O)NCCCCCCCCCCCC)cc3[C@H]3[C@H](CCCCO)[C@@H](CCCCO)C=C(C(=NOCc4ccccc4)C[C@@H]1N(Cc1cccc4ccccc14)C(=O)OCCCCCCCCCCCC)[C@H]32. The first-order valence-electron chi connectivity index (χ1n) is 32.5. The van der Waals surface area contributed by atoms with Gasteiger partial charge in [-0.15, -0.1) is 6.58 Å². The van der Waals surface area contributed by atoms with E-state index in [1.54, 1.807) is 12.1 Å². The molecule has 2 amide bonds. The summed E-state index contributed by atoms with van der Waals surface area (Å²) >= 11 is 0. The van der Waals surface area contributed by atoms with E-state index in [2.05, 4.69) is 56.1 Å². The van der Waals surface area contributed by atoms with Crippen LogP contribution in [0.1, 0.15) is 210 Å². The number of rotatable bonds is 40. The molecule has 0 saturated heterocycles. The molecule has 1 fully saturated rings. The Hall–Kier alpha value is -5.69. The number of allylic oxidation sites excluding steroid dienone is 1. The second-order valence-electron chi connectivity index (χ2n) is 23.6. The highest BCUT2D eigenvalue weighted by molar-refractivity contribution is 6.03. The lowest BCUT2D eigenvalue weighted by Gasteiger charge is -2.59. The second-order valence-corrected chi connectivity index (χ2v) is 23.6. The van der Waals surface area contributed by atoms with Crippen LogP contribution in [0.5, 0.6) is 11.5 Å². The molecule has 0 unspecified atom stereocenters. The van der Waals surface area contributed by atoms with Crippen molar-refractivity contribution in [2.45, 2.75) is 218 Å². The molecule has 3 aliphatic rings. The van der Waals surface area contributed by atoms with Gasteiger partial charge in [0.1, 0.15) is 24.1 Å². The zero-order chi connectivity index (χ0) is 58.3. The highest BCUT2D eigenvalue weighted by Gasteiger charge is 2.66. The number of hydrogen-bond acceptors (Lipinski definition) is 10. The van der Waals surface area contributed by atoms with Crippen LogP contribution >= 0.6 is 0 Å². The summed E-state index contributed by atoms with van der Waals surface area (Å²) in [5.74, 6) is -1.43. The Balaban J connectivity index is 1.28. The maximum Gasteiger partial charge on any atom is 0.412 e. The third-order valence-corrected chi connectivity index (χ3v) is 17.5. The number of aliphatic hydroxyl groups excluding tert-OH is 2. The number of hydrogen-bond donors (Lipinski definition) is 3. The first-order valence-corrected chi connectivity index (χ1v) is 32.5. The van der Waals surface area contributed by atoms with Gasteiger partial charge >= 0.3 is 12.2 Å². The minimum atomic E-state index is -1.52. The van der Waals surface area contributed by atoms with Crippen LogP contribution in [-0.4, -0.2) is 77.8 Å². The molecule has 0 bridgehead atoms. The average Bonchev–Trinajstić information content (AvgIpc) is 0.821. The summed E-state index contributed by atoms with van der Waals surface area (Å²) in [5.41, 5.74) is 4.40. The number of nitrogens with one attached hydrogen (secondary N) is 1. The van der Waals surface area contributed by atoms with E-state index < -0.39 is 29.9 Å². The van der Waals surface area contributed by atoms with Crippen LogP contribution < -0.4 is 14.8 Å². The summed E-state index contributed by atoms with van der Waals surface area (Å²) in [7, 11) is 0. The smallest absolute Gasteiger partial charge is 0.412 e. The molecule has 12 nitrogen and oxygen atoms in total. The number of carbonyl (C=O) groups is 2. The summed E-state index contributed by atoms with van der Waals surface area (Å²) < 4.78 is 27.5. The van der Waals surface area contributed by atoms with Gasteiger partial charge in [0.2, 0.25) is 5.79 Å². The highest BCUT2D eigenvalue weighted by atomic mass is 16.7. The highest BCUT2D eigenvalue weighted by Crippen LogP contribution is 2.62. The largest absolute Gasteiger partial charge is 0.459 e. The molecule has 0 aromatic heterocycles. The zero-order valence-electron chi connectivity index (χ0n) is 50.6. The molecule has 1 heterocycles. The number of amides is 2. The Bertz CT molecular complexity index is 2600. The van der Waals surface area contributed by atoms with Gasteiger partial charge in [0.05, 0.1) is 31.4 Å². The number of fused-ring (bicyclic) bond motifs is 3. The number of carbonyl (C=O) groups excluding carboxylic acids is 2. The summed E-state index contributed by atoms with van der Waals surface area (Å²) in [4.78, 5) is 37.3. The van der Waals surface area contributed by atoms with E-state index in [4.69, 9.17) is 28.9 Å². The van der Waals surface area contributed by atoms with Gasteiger partial charge in [0, 0.05) is 37.7 Å². The normalized spacial score (nSPS) is 20.2. The first kappa shape index (κ1) is 64.9. The van der Waals surface area contributed by atoms with E-state index >= 15 is 4.79 Å². The monoisotopic (exact) mass is 1140 g/mol. The van der Waals surface area contributed by atoms with Gasteiger partial charge in [-0.3, -0.25) is 4.90 Å². The number of oxime groups is 1. The van der Waals surface area contributed by atoms with Crippen molar-refractivity contribution in [3.8, 4) is 11.5 Å². The van der Waals surface area contributed by atoms with E-state index in [0.717, 1.165) is 97.2 Å². The average molecular weight is 1140 g/mol. The molecule has 83 heavy (non-hydrogen) atoms. The van der Waals surface area contributed by atoms with Crippen molar-refractivity contribution in [1.82, 2.24) is 10.2 Å². The van der Waals surface area contributed by atoms with Crippen molar-refractivity contribution >= 4 is 28.7 Å². The molecule has 454 valence electrons. The molecule has 2 aliphatic carbocycles. The topological polar surface area (TPSA) is 148 Å². The Labute approximate surface area is 497 Å². The Morgan fingerprint density at radius 3 is 2.06 bits per heavy atom. The maximum atomic E-state index is 15.5. The molecule has 1 saturated carbocycles. The van der Waals surface area contributed by atoms with Crippen LogP contribution in [0.3, 0.4) is 0 Å². The third kappa shape index (κ3) is 19.2. The van der Waals surface area contributed by atoms with E-state index in [9.17, 15) is 15.0 Å². The van der Waals surface area contributed by atoms with Crippen molar-refractivity contribution in [2.24, 2.45) is 22.9 Å². The molecule has 0 radical (unpaired) electrons. The summed E-state index contributed by atoms with van der Waals surface area (Å²) in [6, 6.07) is 29.3. The number of benzene rings is 4. The molecule has 3 N–H and O–H groups in total. The van der Waals surface area contributed by atoms with Gasteiger partial charge < -0.3 is 39.3 Å². The minimum Gasteiger partial charge on any atom is -0.459 e. The minimum absolute atomic E-state index is 0.0159. The number of ether oxygens (including phenoxy) is 4. The lowest BCUT2D eigenvalue weighted by atomic mass is 9.55. The molecule has 6 atom stereocenters. The van der Waals surface area contributed by atoms with Crippen LogP contribution in [0.15, 0.2) is 120 Å². The second kappa shape index (κ2) is 36.2. The molecule has 7 rings (SSSR count). The maximum absolute atomic E-state index is 15.5. The fourth-order valence-corrected chi connectivity index (χ4v) is 13.2. The Morgan fingerprint density at radius 1 is 0.735 bits per heavy atom. The van der Waals surface area contributed by atoms with Crippen LogP contribution in [0, 0.1) is 17.8 Å². The van der Waals surface area contributed by atoms with E-state index in [-0.39, 0.29) is 63.8 Å². The van der Waals surface area contributed by atoms with Crippen molar-refractivity contribution in [3.63, 3.8) is 0 Å². The lowest BCUT2D eigenvalue weighted by molar-refractivity contribution is -0.256. The van der Waals surface area contributed by atoms with E-state index in [1.807, 2.05) is 65.6 Å². The summed E-state index contributed by atoms with van der Waals surface area (Å²) in [5, 5.41) is 30.5. The standard InChI is InChI=1S/C71H101N3O9/c1-4-7-9-11-13-15-17-19-21-30-45-72-69(77)82-59-43-44-65-63(51-59)67-61(42-29-32-47-76)57(38-28-31-46-75)50-62-64(73-81-54-55-35-24-23-25-36-55)52-66(71(83-65,68(62)67)80-48-6-3)74(53-58-40-34-39-56-37-26-27-41-60(56)58)70(78)79-49-33-22-20-18-16-14-12-10-8-5-2/h6,23-27,34-37,39-41,43-44,50-51,57,61,66-68,75-76H,3-5,7-22,28-33,38,42,45-49,52-54H2,1-2H3,(H,72,77)/t57-,61+,66-,67+,68+,71+/m0/s1. The van der Waals surface area contributed by atoms with Crippen LogP contribution in [0.25, 0.3) is 10.8 Å². The Morgan fingerprint density at radius 2 is 1.37 bits per heavy atom. The molecule has 0 spiro atoms. The molecule has 12 heteroatoms. The summed E-state index contributed by atoms with van der Waals surface area (Å²) in [6.07, 6.45) is 31.5. The van der Waals surface area contributed by atoms with Gasteiger partial charge in [0.25, 0.3) is 0 Å². The lowest BCUT2D eigenvalue weighted by Crippen LogP contribution is -2.70. The van der Waals surface area contributed by atoms with Gasteiger partial charge in [-0.1, -0.05) is 232 Å². The Kier molecular flexibility index (Phi) is 28.3. The van der Waals surface area contributed by atoms with Crippen LogP contribution in [0.4, 0.5) is 9.59 Å². The molecule has 1 aliphatic heterocycles. The molecule has 4 aromatic carbocycles. The van der Waals surface area contributed by atoms with Gasteiger partial charge in [0.15, 0.2) is 0 Å². The third-order valence-electron chi connectivity index (χ3n) is 17.5. The zero-order valence-corrected chi connectivity index (χ0v) is 50.6. The molecule has 4 aromatic rings. The summed E-state index contributed by atoms with van der Waals surface area (Å²) in [6.45, 7) is 10.2. The molecular weight excluding hydrogens is 1040 g/mol. The number of unbranched alkanes of at least 4 members (excludes halogenated alkanes) is 20. The number of nitrogens with zero attached hydrogens (tertiary/aromatic N) is 2. The van der Waals surface area contributed by atoms with Gasteiger partial charge in [-0.05, 0) is 96.0 Å². The van der Waals surface area contributed by atoms with Crippen LogP contribution in [-0.2, 0) is 27.5 Å². The number of aliphatic hydroxyl groups is 2. The van der Waals surface area contributed by atoms with E-state index in [0.29, 0.717) is 36.6 Å². The quantitative estimate of drug-likeness (QED) is 0.0225.